The van der Waals surface area contributed by atoms with Gasteiger partial charge in [-0.1, -0.05) is 6.07 Å². The Morgan fingerprint density at radius 3 is 2.41 bits per heavy atom. The van der Waals surface area contributed by atoms with Gasteiger partial charge in [-0.15, -0.1) is 0 Å². The summed E-state index contributed by atoms with van der Waals surface area (Å²) >= 11 is 0. The van der Waals surface area contributed by atoms with Crippen molar-refractivity contribution in [2.75, 3.05) is 12.4 Å². The second kappa shape index (κ2) is 8.11. The standard InChI is InChI=1S/C22H25N3O4/c1-29-16-8-13(11-23-12-16)9-19(21(26)27)24-22(28)25-20-17-6-2-4-14(17)10-15-5-3-7-18(15)20/h8,10-12,19H,2-7,9H2,1H3,(H,26,27)(H2,24,25,28)/t19-/m1/s1. The van der Waals surface area contributed by atoms with Crippen LogP contribution in [-0.2, 0) is 36.9 Å². The van der Waals surface area contributed by atoms with Crippen molar-refractivity contribution in [3.63, 3.8) is 0 Å². The number of aryl methyl sites for hydroxylation is 2. The van der Waals surface area contributed by atoms with Crippen LogP contribution in [-0.4, -0.2) is 35.2 Å². The summed E-state index contributed by atoms with van der Waals surface area (Å²) in [5.41, 5.74) is 6.64. The van der Waals surface area contributed by atoms with Gasteiger partial charge in [0, 0.05) is 18.3 Å². The van der Waals surface area contributed by atoms with Crippen LogP contribution in [0.5, 0.6) is 5.75 Å². The van der Waals surface area contributed by atoms with Crippen LogP contribution in [0, 0.1) is 0 Å². The van der Waals surface area contributed by atoms with Crippen molar-refractivity contribution in [1.29, 1.82) is 0 Å². The van der Waals surface area contributed by atoms with E-state index in [0.717, 1.165) is 44.2 Å². The average Bonchev–Trinajstić information content (AvgIpc) is 3.36. The first-order valence-electron chi connectivity index (χ1n) is 10.00. The highest BCUT2D eigenvalue weighted by molar-refractivity contribution is 5.94. The van der Waals surface area contributed by atoms with Crippen molar-refractivity contribution in [3.05, 3.63) is 52.3 Å². The lowest BCUT2D eigenvalue weighted by atomic mass is 9.99. The first kappa shape index (κ1) is 19.2. The lowest BCUT2D eigenvalue weighted by Crippen LogP contribution is -2.44. The van der Waals surface area contributed by atoms with Crippen LogP contribution < -0.4 is 15.4 Å². The number of carbonyl (C=O) groups excluding carboxylic acids is 1. The Hall–Kier alpha value is -3.09. The molecule has 0 saturated carbocycles. The van der Waals surface area contributed by atoms with Gasteiger partial charge in [-0.25, -0.2) is 9.59 Å². The van der Waals surface area contributed by atoms with Crippen molar-refractivity contribution in [2.24, 2.45) is 0 Å². The first-order chi connectivity index (χ1) is 14.0. The van der Waals surface area contributed by atoms with E-state index < -0.39 is 18.0 Å². The number of methoxy groups -OCH3 is 1. The summed E-state index contributed by atoms with van der Waals surface area (Å²) in [5.74, 6) is -0.544. The number of carboxylic acids is 1. The van der Waals surface area contributed by atoms with Crippen molar-refractivity contribution in [1.82, 2.24) is 10.3 Å². The molecule has 1 aromatic heterocycles. The number of urea groups is 1. The molecule has 0 saturated heterocycles. The van der Waals surface area contributed by atoms with Crippen molar-refractivity contribution in [2.45, 2.75) is 51.0 Å². The van der Waals surface area contributed by atoms with Gasteiger partial charge in [0.15, 0.2) is 0 Å². The fourth-order valence-electron chi connectivity index (χ4n) is 4.40. The van der Waals surface area contributed by atoms with Gasteiger partial charge in [0.05, 0.1) is 13.3 Å². The topological polar surface area (TPSA) is 101 Å². The van der Waals surface area contributed by atoms with E-state index in [-0.39, 0.29) is 6.42 Å². The summed E-state index contributed by atoms with van der Waals surface area (Å²) in [6.07, 6.45) is 9.43. The Balaban J connectivity index is 1.50. The number of anilines is 1. The molecular formula is C22H25N3O4. The minimum absolute atomic E-state index is 0.123. The highest BCUT2D eigenvalue weighted by Gasteiger charge is 2.26. The molecule has 2 aliphatic rings. The number of benzene rings is 1. The summed E-state index contributed by atoms with van der Waals surface area (Å²) in [6.45, 7) is 0. The van der Waals surface area contributed by atoms with Crippen LogP contribution in [0.3, 0.4) is 0 Å². The first-order valence-corrected chi connectivity index (χ1v) is 10.00. The lowest BCUT2D eigenvalue weighted by molar-refractivity contribution is -0.139. The van der Waals surface area contributed by atoms with E-state index in [0.29, 0.717) is 11.3 Å². The van der Waals surface area contributed by atoms with Crippen LogP contribution in [0.25, 0.3) is 0 Å². The van der Waals surface area contributed by atoms with Crippen LogP contribution >= 0.6 is 0 Å². The Morgan fingerprint density at radius 1 is 1.10 bits per heavy atom. The van der Waals surface area contributed by atoms with Gasteiger partial charge in [0.25, 0.3) is 0 Å². The zero-order chi connectivity index (χ0) is 20.4. The van der Waals surface area contributed by atoms with Gasteiger partial charge in [-0.2, -0.15) is 0 Å². The monoisotopic (exact) mass is 395 g/mol. The number of hydrogen-bond acceptors (Lipinski definition) is 4. The molecule has 2 aromatic rings. The molecule has 4 rings (SSSR count). The molecule has 2 aliphatic carbocycles. The van der Waals surface area contributed by atoms with Crippen LogP contribution in [0.1, 0.15) is 40.7 Å². The van der Waals surface area contributed by atoms with E-state index in [2.05, 4.69) is 21.7 Å². The van der Waals surface area contributed by atoms with E-state index in [9.17, 15) is 14.7 Å². The largest absolute Gasteiger partial charge is 0.495 e. The SMILES string of the molecule is COc1cncc(C[C@@H](NC(=O)Nc2c3c(cc4c2CCC4)CCC3)C(=O)O)c1. The number of carbonyl (C=O) groups is 2. The van der Waals surface area contributed by atoms with Crippen molar-refractivity contribution in [3.8, 4) is 5.75 Å². The molecule has 0 aliphatic heterocycles. The predicted octanol–water partition coefficient (Wildman–Crippen LogP) is 2.89. The number of amides is 2. The van der Waals surface area contributed by atoms with Crippen LogP contribution in [0.4, 0.5) is 10.5 Å². The van der Waals surface area contributed by atoms with Crippen LogP contribution in [0.2, 0.25) is 0 Å². The molecule has 0 spiro atoms. The number of pyridine rings is 1. The lowest BCUT2D eigenvalue weighted by Gasteiger charge is -2.19. The molecule has 152 valence electrons. The van der Waals surface area contributed by atoms with E-state index in [1.54, 1.807) is 18.5 Å². The van der Waals surface area contributed by atoms with E-state index in [1.165, 1.54) is 29.4 Å². The van der Waals surface area contributed by atoms with E-state index in [4.69, 9.17) is 4.74 Å². The fraction of sp³-hybridized carbons (Fsp3) is 0.409. The quantitative estimate of drug-likeness (QED) is 0.698. The summed E-state index contributed by atoms with van der Waals surface area (Å²) in [5, 5.41) is 15.2. The molecule has 2 amide bonds. The van der Waals surface area contributed by atoms with Crippen molar-refractivity contribution < 1.29 is 19.4 Å². The third-order valence-electron chi connectivity index (χ3n) is 5.76. The van der Waals surface area contributed by atoms with E-state index >= 15 is 0 Å². The molecule has 0 radical (unpaired) electrons. The summed E-state index contributed by atoms with van der Waals surface area (Å²) in [7, 11) is 1.53. The van der Waals surface area contributed by atoms with Gasteiger partial charge < -0.3 is 20.5 Å². The minimum atomic E-state index is -1.09. The summed E-state index contributed by atoms with van der Waals surface area (Å²) in [6, 6.07) is 2.47. The number of fused-ring (bicyclic) bond motifs is 2. The number of nitrogens with zero attached hydrogens (tertiary/aromatic N) is 1. The Morgan fingerprint density at radius 2 is 1.79 bits per heavy atom. The van der Waals surface area contributed by atoms with E-state index in [1.807, 2.05) is 0 Å². The molecule has 3 N–H and O–H groups in total. The van der Waals surface area contributed by atoms with Gasteiger partial charge in [0.1, 0.15) is 11.8 Å². The number of hydrogen-bond donors (Lipinski definition) is 3. The van der Waals surface area contributed by atoms with Gasteiger partial charge in [-0.05, 0) is 72.4 Å². The molecule has 1 aromatic carbocycles. The van der Waals surface area contributed by atoms with Gasteiger partial charge in [-0.3, -0.25) is 4.98 Å². The molecule has 7 nitrogen and oxygen atoms in total. The molecule has 1 atom stereocenters. The smallest absolute Gasteiger partial charge is 0.326 e. The number of aliphatic carboxylic acids is 1. The van der Waals surface area contributed by atoms with Crippen LogP contribution in [0.15, 0.2) is 24.5 Å². The van der Waals surface area contributed by atoms with Gasteiger partial charge in [0.2, 0.25) is 0 Å². The fourth-order valence-corrected chi connectivity index (χ4v) is 4.40. The highest BCUT2D eigenvalue weighted by atomic mass is 16.5. The summed E-state index contributed by atoms with van der Waals surface area (Å²) in [4.78, 5) is 28.5. The molecule has 1 heterocycles. The Bertz CT molecular complexity index is 925. The predicted molar refractivity (Wildman–Crippen MR) is 109 cm³/mol. The highest BCUT2D eigenvalue weighted by Crippen LogP contribution is 2.38. The second-order valence-corrected chi connectivity index (χ2v) is 7.66. The normalized spacial score (nSPS) is 15.3. The maximum Gasteiger partial charge on any atom is 0.326 e. The molecule has 29 heavy (non-hydrogen) atoms. The second-order valence-electron chi connectivity index (χ2n) is 7.66. The minimum Gasteiger partial charge on any atom is -0.495 e. The van der Waals surface area contributed by atoms with Crippen molar-refractivity contribution >= 4 is 17.7 Å². The molecular weight excluding hydrogens is 370 g/mol. The average molecular weight is 395 g/mol. The number of rotatable bonds is 6. The molecule has 0 unspecified atom stereocenters. The third kappa shape index (κ3) is 4.04. The van der Waals surface area contributed by atoms with Gasteiger partial charge >= 0.3 is 12.0 Å². The maximum absolute atomic E-state index is 12.7. The Kier molecular flexibility index (Phi) is 5.38. The zero-order valence-electron chi connectivity index (χ0n) is 16.5. The zero-order valence-corrected chi connectivity index (χ0v) is 16.5. The number of ether oxygens (including phenoxy) is 1. The Labute approximate surface area is 169 Å². The molecule has 0 bridgehead atoms. The summed E-state index contributed by atoms with van der Waals surface area (Å²) < 4.78 is 5.13. The molecule has 0 fully saturated rings. The third-order valence-corrected chi connectivity index (χ3v) is 5.76. The maximum atomic E-state index is 12.7. The number of carboxylic acid groups (broad SMARTS) is 1. The molecule has 7 heteroatoms. The number of nitrogens with one attached hydrogen (secondary N) is 2. The number of aromatic nitrogens is 1.